The second-order valence-corrected chi connectivity index (χ2v) is 8.24. The van der Waals surface area contributed by atoms with Crippen molar-refractivity contribution >= 4 is 50.5 Å². The number of anilines is 1. The molecular formula is C25H17N3O4S. The van der Waals surface area contributed by atoms with Crippen molar-refractivity contribution in [2.45, 2.75) is 0 Å². The molecule has 0 atom stereocenters. The topological polar surface area (TPSA) is 92.1 Å². The van der Waals surface area contributed by atoms with E-state index in [9.17, 15) is 14.7 Å². The van der Waals surface area contributed by atoms with Gasteiger partial charge in [-0.05, 0) is 42.0 Å². The van der Waals surface area contributed by atoms with Gasteiger partial charge in [0.05, 0.1) is 22.9 Å². The van der Waals surface area contributed by atoms with Gasteiger partial charge in [-0.25, -0.2) is 19.7 Å². The number of benzene rings is 3. The molecule has 1 aliphatic heterocycles. The summed E-state index contributed by atoms with van der Waals surface area (Å²) < 4.78 is 5.87. The quantitative estimate of drug-likeness (QED) is 0.435. The number of fused-ring (bicyclic) bond motifs is 1. The van der Waals surface area contributed by atoms with Crippen LogP contribution >= 0.6 is 11.3 Å². The number of methoxy groups -OCH3 is 1. The van der Waals surface area contributed by atoms with Crippen molar-refractivity contribution < 1.29 is 19.4 Å². The molecule has 1 aromatic heterocycles. The summed E-state index contributed by atoms with van der Waals surface area (Å²) in [5, 5.41) is 9.72. The molecule has 0 fully saturated rings. The fourth-order valence-electron chi connectivity index (χ4n) is 3.47. The van der Waals surface area contributed by atoms with Crippen molar-refractivity contribution in [2.75, 3.05) is 12.0 Å². The number of carboxylic acid groups (broad SMARTS) is 1. The zero-order valence-electron chi connectivity index (χ0n) is 17.4. The average Bonchev–Trinajstić information content (AvgIpc) is 3.40. The second kappa shape index (κ2) is 8.33. The highest BCUT2D eigenvalue weighted by Crippen LogP contribution is 2.34. The van der Waals surface area contributed by atoms with E-state index in [0.29, 0.717) is 21.2 Å². The van der Waals surface area contributed by atoms with E-state index in [-0.39, 0.29) is 17.2 Å². The first-order chi connectivity index (χ1) is 16.0. The number of carbonyl (C=O) groups excluding carboxylic acids is 1. The molecule has 1 N–H and O–H groups in total. The van der Waals surface area contributed by atoms with Crippen LogP contribution < -0.4 is 9.64 Å². The Morgan fingerprint density at radius 1 is 1.06 bits per heavy atom. The number of carbonyl (C=O) groups is 2. The van der Waals surface area contributed by atoms with Crippen LogP contribution in [0.3, 0.4) is 0 Å². The van der Waals surface area contributed by atoms with Crippen molar-refractivity contribution in [1.29, 1.82) is 0 Å². The molecule has 162 valence electrons. The van der Waals surface area contributed by atoms with Crippen LogP contribution in [0.25, 0.3) is 16.3 Å². The van der Waals surface area contributed by atoms with Crippen LogP contribution in [0.4, 0.5) is 5.13 Å². The molecule has 1 aliphatic rings. The molecule has 5 rings (SSSR count). The van der Waals surface area contributed by atoms with Crippen LogP contribution in [0.15, 0.2) is 83.5 Å². The highest BCUT2D eigenvalue weighted by Gasteiger charge is 2.34. The van der Waals surface area contributed by atoms with E-state index in [1.807, 2.05) is 54.6 Å². The van der Waals surface area contributed by atoms with Gasteiger partial charge in [-0.1, -0.05) is 53.8 Å². The third-order valence-corrected chi connectivity index (χ3v) is 6.13. The maximum atomic E-state index is 13.5. The number of aromatic carboxylic acids is 1. The number of aromatic nitrogens is 1. The van der Waals surface area contributed by atoms with Gasteiger partial charge in [-0.3, -0.25) is 4.79 Å². The van der Waals surface area contributed by atoms with Crippen LogP contribution in [-0.2, 0) is 4.79 Å². The first-order valence-corrected chi connectivity index (χ1v) is 10.8. The average molecular weight is 455 g/mol. The van der Waals surface area contributed by atoms with E-state index in [0.717, 1.165) is 16.9 Å². The molecule has 0 bridgehead atoms. The highest BCUT2D eigenvalue weighted by molar-refractivity contribution is 7.22. The molecule has 33 heavy (non-hydrogen) atoms. The number of aliphatic imine (C=N–C) groups is 1. The number of amides is 1. The lowest BCUT2D eigenvalue weighted by Gasteiger charge is -2.14. The Morgan fingerprint density at radius 2 is 1.82 bits per heavy atom. The summed E-state index contributed by atoms with van der Waals surface area (Å²) in [6, 6.07) is 21.5. The molecule has 7 nitrogen and oxygen atoms in total. The van der Waals surface area contributed by atoms with Gasteiger partial charge in [-0.15, -0.1) is 0 Å². The number of ether oxygens (including phenoxy) is 1. The highest BCUT2D eigenvalue weighted by atomic mass is 32.1. The summed E-state index contributed by atoms with van der Waals surface area (Å²) in [5.74, 6) is -0.124. The van der Waals surface area contributed by atoms with Gasteiger partial charge in [0.25, 0.3) is 5.91 Å². The third kappa shape index (κ3) is 3.88. The molecule has 0 spiro atoms. The van der Waals surface area contributed by atoms with Crippen LogP contribution in [0.5, 0.6) is 5.75 Å². The summed E-state index contributed by atoms with van der Waals surface area (Å²) in [5.41, 5.74) is 2.65. The lowest BCUT2D eigenvalue weighted by atomic mass is 10.2. The number of thiazole rings is 1. The number of hydrogen-bond acceptors (Lipinski definition) is 6. The summed E-state index contributed by atoms with van der Waals surface area (Å²) in [4.78, 5) is 35.5. The molecule has 3 aromatic carbocycles. The molecule has 0 saturated heterocycles. The zero-order valence-corrected chi connectivity index (χ0v) is 18.2. The van der Waals surface area contributed by atoms with Gasteiger partial charge >= 0.3 is 5.97 Å². The van der Waals surface area contributed by atoms with E-state index in [2.05, 4.69) is 9.98 Å². The van der Waals surface area contributed by atoms with Crippen molar-refractivity contribution in [1.82, 2.24) is 4.98 Å². The Morgan fingerprint density at radius 3 is 2.52 bits per heavy atom. The Hall–Kier alpha value is -4.30. The molecule has 8 heteroatoms. The monoisotopic (exact) mass is 455 g/mol. The molecule has 0 saturated carbocycles. The van der Waals surface area contributed by atoms with Gasteiger partial charge in [-0.2, -0.15) is 0 Å². The van der Waals surface area contributed by atoms with Crippen molar-refractivity contribution in [3.05, 3.63) is 95.2 Å². The SMILES string of the molecule is COc1ccc(/C=C2\N=C(c3ccccc3)N(c3nc4ccc(C(=O)O)cc4s3)C2=O)cc1. The second-order valence-electron chi connectivity index (χ2n) is 7.23. The summed E-state index contributed by atoms with van der Waals surface area (Å²) in [6.45, 7) is 0. The fraction of sp³-hybridized carbons (Fsp3) is 0.0400. The number of carboxylic acids is 1. The molecule has 0 aliphatic carbocycles. The summed E-state index contributed by atoms with van der Waals surface area (Å²) in [6.07, 6.45) is 1.72. The van der Waals surface area contributed by atoms with E-state index >= 15 is 0 Å². The largest absolute Gasteiger partial charge is 0.497 e. The maximum absolute atomic E-state index is 13.5. The molecule has 0 radical (unpaired) electrons. The lowest BCUT2D eigenvalue weighted by molar-refractivity contribution is -0.113. The van der Waals surface area contributed by atoms with E-state index in [1.54, 1.807) is 25.3 Å². The number of amidine groups is 1. The van der Waals surface area contributed by atoms with Crippen LogP contribution in [0.1, 0.15) is 21.5 Å². The van der Waals surface area contributed by atoms with Gasteiger partial charge in [0.2, 0.25) is 0 Å². The number of hydrogen-bond donors (Lipinski definition) is 1. The normalized spacial score (nSPS) is 14.7. The van der Waals surface area contributed by atoms with Crippen molar-refractivity contribution in [3.8, 4) is 5.75 Å². The fourth-order valence-corrected chi connectivity index (χ4v) is 4.48. The minimum Gasteiger partial charge on any atom is -0.497 e. The Labute approximate surface area is 192 Å². The zero-order chi connectivity index (χ0) is 22.9. The van der Waals surface area contributed by atoms with Gasteiger partial charge in [0, 0.05) is 5.56 Å². The van der Waals surface area contributed by atoms with Crippen LogP contribution in [0.2, 0.25) is 0 Å². The summed E-state index contributed by atoms with van der Waals surface area (Å²) in [7, 11) is 1.60. The minimum absolute atomic E-state index is 0.169. The summed E-state index contributed by atoms with van der Waals surface area (Å²) >= 11 is 1.25. The molecule has 1 amide bonds. The number of nitrogens with zero attached hydrogens (tertiary/aromatic N) is 3. The molecule has 0 unspecified atom stereocenters. The third-order valence-electron chi connectivity index (χ3n) is 5.13. The molecule has 2 heterocycles. The van der Waals surface area contributed by atoms with Gasteiger partial charge in [0.1, 0.15) is 17.3 Å². The predicted molar refractivity (Wildman–Crippen MR) is 128 cm³/mol. The maximum Gasteiger partial charge on any atom is 0.335 e. The van der Waals surface area contributed by atoms with Crippen molar-refractivity contribution in [2.24, 2.45) is 4.99 Å². The van der Waals surface area contributed by atoms with Crippen LogP contribution in [0, 0.1) is 0 Å². The minimum atomic E-state index is -1.01. The Bertz CT molecular complexity index is 1440. The van der Waals surface area contributed by atoms with Gasteiger partial charge < -0.3 is 9.84 Å². The first-order valence-electron chi connectivity index (χ1n) is 10.0. The Balaban J connectivity index is 1.60. The van der Waals surface area contributed by atoms with Crippen LogP contribution in [-0.4, -0.2) is 34.9 Å². The number of rotatable bonds is 5. The van der Waals surface area contributed by atoms with E-state index < -0.39 is 5.97 Å². The molecular weight excluding hydrogens is 438 g/mol. The first kappa shape index (κ1) is 20.6. The van der Waals surface area contributed by atoms with E-state index in [4.69, 9.17) is 4.74 Å². The Kier molecular flexibility index (Phi) is 5.20. The van der Waals surface area contributed by atoms with Crippen molar-refractivity contribution in [3.63, 3.8) is 0 Å². The van der Waals surface area contributed by atoms with Gasteiger partial charge in [0.15, 0.2) is 5.13 Å². The lowest BCUT2D eigenvalue weighted by Crippen LogP contribution is -2.32. The standard InChI is InChI=1S/C25H17N3O4S/c1-32-18-10-7-15(8-11-18)13-20-23(29)28(22(26-20)16-5-3-2-4-6-16)25-27-19-12-9-17(24(30)31)14-21(19)33-25/h2-14H,1H3,(H,30,31)/b20-13-. The molecule has 4 aromatic rings. The predicted octanol–water partition coefficient (Wildman–Crippen LogP) is 4.84. The van der Waals surface area contributed by atoms with E-state index in [1.165, 1.54) is 22.3 Å². The smallest absolute Gasteiger partial charge is 0.335 e.